The van der Waals surface area contributed by atoms with E-state index in [4.69, 9.17) is 16.6 Å². The van der Waals surface area contributed by atoms with Gasteiger partial charge in [-0.25, -0.2) is 0 Å². The highest BCUT2D eigenvalue weighted by molar-refractivity contribution is 5.91. The van der Waals surface area contributed by atoms with Gasteiger partial charge in [-0.1, -0.05) is 0 Å². The highest BCUT2D eigenvalue weighted by atomic mass is 16.4. The SMILES string of the molecule is Nc1ccc(NC(=O)C[C@@H](N)CC(=O)O)cc1. The Morgan fingerprint density at radius 3 is 2.35 bits per heavy atom. The maximum absolute atomic E-state index is 11.5. The summed E-state index contributed by atoms with van der Waals surface area (Å²) in [6.45, 7) is 0. The van der Waals surface area contributed by atoms with Gasteiger partial charge in [0, 0.05) is 23.8 Å². The van der Waals surface area contributed by atoms with Crippen LogP contribution in [0, 0.1) is 0 Å². The van der Waals surface area contributed by atoms with Gasteiger partial charge in [0.05, 0.1) is 6.42 Å². The number of carbonyl (C=O) groups is 2. The quantitative estimate of drug-likeness (QED) is 0.553. The van der Waals surface area contributed by atoms with Gasteiger partial charge in [-0.3, -0.25) is 9.59 Å². The van der Waals surface area contributed by atoms with Gasteiger partial charge < -0.3 is 21.9 Å². The molecule has 0 aliphatic carbocycles. The average molecular weight is 237 g/mol. The molecule has 6 heteroatoms. The molecule has 92 valence electrons. The summed E-state index contributed by atoms with van der Waals surface area (Å²) in [7, 11) is 0. The van der Waals surface area contributed by atoms with E-state index >= 15 is 0 Å². The predicted octanol–water partition coefficient (Wildman–Crippen LogP) is 0.399. The fourth-order valence-corrected chi connectivity index (χ4v) is 1.31. The molecular formula is C11H15N3O3. The van der Waals surface area contributed by atoms with Crippen LogP contribution in [0.1, 0.15) is 12.8 Å². The molecule has 0 spiro atoms. The number of hydrogen-bond acceptors (Lipinski definition) is 4. The van der Waals surface area contributed by atoms with Gasteiger partial charge in [-0.15, -0.1) is 0 Å². The molecule has 1 amide bonds. The summed E-state index contributed by atoms with van der Waals surface area (Å²) in [5.74, 6) is -1.33. The molecule has 17 heavy (non-hydrogen) atoms. The lowest BCUT2D eigenvalue weighted by molar-refractivity contribution is -0.137. The van der Waals surface area contributed by atoms with E-state index in [1.165, 1.54) is 0 Å². The van der Waals surface area contributed by atoms with Gasteiger partial charge in [-0.05, 0) is 24.3 Å². The van der Waals surface area contributed by atoms with Crippen LogP contribution in [0.25, 0.3) is 0 Å². The van der Waals surface area contributed by atoms with Crippen molar-refractivity contribution in [1.29, 1.82) is 0 Å². The van der Waals surface area contributed by atoms with Gasteiger partial charge in [0.2, 0.25) is 5.91 Å². The molecule has 6 N–H and O–H groups in total. The summed E-state index contributed by atoms with van der Waals surface area (Å²) in [6, 6.07) is 5.96. The Morgan fingerprint density at radius 1 is 1.24 bits per heavy atom. The van der Waals surface area contributed by atoms with Crippen molar-refractivity contribution < 1.29 is 14.7 Å². The van der Waals surface area contributed by atoms with Crippen LogP contribution in [-0.2, 0) is 9.59 Å². The van der Waals surface area contributed by atoms with Crippen molar-refractivity contribution in [2.24, 2.45) is 5.73 Å². The van der Waals surface area contributed by atoms with E-state index in [9.17, 15) is 9.59 Å². The second-order valence-electron chi connectivity index (χ2n) is 3.73. The number of amides is 1. The predicted molar refractivity (Wildman–Crippen MR) is 64.3 cm³/mol. The number of nitrogen functional groups attached to an aromatic ring is 1. The Labute approximate surface area is 98.6 Å². The number of aliphatic carboxylic acids is 1. The van der Waals surface area contributed by atoms with Crippen LogP contribution in [0.5, 0.6) is 0 Å². The lowest BCUT2D eigenvalue weighted by Crippen LogP contribution is -2.29. The normalized spacial score (nSPS) is 11.8. The Morgan fingerprint density at radius 2 is 1.82 bits per heavy atom. The van der Waals surface area contributed by atoms with Crippen LogP contribution < -0.4 is 16.8 Å². The van der Waals surface area contributed by atoms with Crippen molar-refractivity contribution in [1.82, 2.24) is 0 Å². The summed E-state index contributed by atoms with van der Waals surface area (Å²) in [5.41, 5.74) is 12.2. The standard InChI is InChI=1S/C11H15N3O3/c12-7-1-3-9(4-2-7)14-10(15)5-8(13)6-11(16)17/h1-4,8H,5-6,12-13H2,(H,14,15)(H,16,17)/t8-/m1/s1. The number of nitrogens with two attached hydrogens (primary N) is 2. The maximum atomic E-state index is 11.5. The van der Waals surface area contributed by atoms with E-state index in [0.29, 0.717) is 11.4 Å². The molecule has 0 saturated heterocycles. The molecule has 6 nitrogen and oxygen atoms in total. The first-order chi connectivity index (χ1) is 7.97. The van der Waals surface area contributed by atoms with Crippen molar-refractivity contribution >= 4 is 23.3 Å². The first-order valence-electron chi connectivity index (χ1n) is 5.10. The topological polar surface area (TPSA) is 118 Å². The smallest absolute Gasteiger partial charge is 0.304 e. The van der Waals surface area contributed by atoms with Crippen LogP contribution in [0.15, 0.2) is 24.3 Å². The third-order valence-corrected chi connectivity index (χ3v) is 2.08. The molecule has 0 heterocycles. The first-order valence-corrected chi connectivity index (χ1v) is 5.10. The molecule has 1 rings (SSSR count). The van der Waals surface area contributed by atoms with Crippen molar-refractivity contribution in [3.8, 4) is 0 Å². The first kappa shape index (κ1) is 13.0. The van der Waals surface area contributed by atoms with Gasteiger partial charge >= 0.3 is 5.97 Å². The number of benzene rings is 1. The third-order valence-electron chi connectivity index (χ3n) is 2.08. The van der Waals surface area contributed by atoms with Crippen LogP contribution in [-0.4, -0.2) is 23.0 Å². The molecule has 0 aromatic heterocycles. The van der Waals surface area contributed by atoms with Crippen LogP contribution in [0.3, 0.4) is 0 Å². The summed E-state index contributed by atoms with van der Waals surface area (Å²) >= 11 is 0. The maximum Gasteiger partial charge on any atom is 0.304 e. The zero-order valence-electron chi connectivity index (χ0n) is 9.22. The highest BCUT2D eigenvalue weighted by Gasteiger charge is 2.12. The number of carboxylic acid groups (broad SMARTS) is 1. The van der Waals surface area contributed by atoms with Crippen molar-refractivity contribution in [3.05, 3.63) is 24.3 Å². The molecule has 1 aromatic carbocycles. The van der Waals surface area contributed by atoms with E-state index in [0.717, 1.165) is 0 Å². The lowest BCUT2D eigenvalue weighted by atomic mass is 10.1. The average Bonchev–Trinajstić information content (AvgIpc) is 2.19. The summed E-state index contributed by atoms with van der Waals surface area (Å²) < 4.78 is 0. The number of carboxylic acids is 1. The van der Waals surface area contributed by atoms with Crippen molar-refractivity contribution in [3.63, 3.8) is 0 Å². The van der Waals surface area contributed by atoms with Crippen molar-refractivity contribution in [2.45, 2.75) is 18.9 Å². The van der Waals surface area contributed by atoms with Gasteiger partial charge in [-0.2, -0.15) is 0 Å². The molecule has 0 saturated carbocycles. The third kappa shape index (κ3) is 4.98. The minimum absolute atomic E-state index is 0.0311. The summed E-state index contributed by atoms with van der Waals surface area (Å²) in [6.07, 6.45) is -0.258. The zero-order valence-corrected chi connectivity index (χ0v) is 9.22. The molecule has 0 bridgehead atoms. The van der Waals surface area contributed by atoms with Crippen LogP contribution in [0.2, 0.25) is 0 Å². The Bertz CT molecular complexity index is 403. The largest absolute Gasteiger partial charge is 0.481 e. The van der Waals surface area contributed by atoms with E-state index < -0.39 is 12.0 Å². The minimum atomic E-state index is -1.02. The van der Waals surface area contributed by atoms with Gasteiger partial charge in [0.1, 0.15) is 0 Å². The number of anilines is 2. The molecule has 0 aliphatic heterocycles. The van der Waals surface area contributed by atoms with E-state index in [2.05, 4.69) is 5.32 Å². The molecule has 1 atom stereocenters. The van der Waals surface area contributed by atoms with Crippen molar-refractivity contribution in [2.75, 3.05) is 11.1 Å². The Hall–Kier alpha value is -2.08. The van der Waals surface area contributed by atoms with Crippen LogP contribution >= 0.6 is 0 Å². The molecule has 0 unspecified atom stereocenters. The number of nitrogens with one attached hydrogen (secondary N) is 1. The van der Waals surface area contributed by atoms with Gasteiger partial charge in [0.15, 0.2) is 0 Å². The Kier molecular flexibility index (Phi) is 4.47. The van der Waals surface area contributed by atoms with E-state index in [-0.39, 0.29) is 18.7 Å². The highest BCUT2D eigenvalue weighted by Crippen LogP contribution is 2.11. The van der Waals surface area contributed by atoms with Crippen LogP contribution in [0.4, 0.5) is 11.4 Å². The van der Waals surface area contributed by atoms with Gasteiger partial charge in [0.25, 0.3) is 0 Å². The molecular weight excluding hydrogens is 222 g/mol. The molecule has 0 fully saturated rings. The van der Waals surface area contributed by atoms with E-state index in [1.807, 2.05) is 0 Å². The minimum Gasteiger partial charge on any atom is -0.481 e. The molecule has 0 aliphatic rings. The summed E-state index contributed by atoms with van der Waals surface area (Å²) in [4.78, 5) is 21.8. The lowest BCUT2D eigenvalue weighted by Gasteiger charge is -2.09. The Balaban J connectivity index is 2.44. The summed E-state index contributed by atoms with van der Waals surface area (Å²) in [5, 5.41) is 11.1. The zero-order chi connectivity index (χ0) is 12.8. The molecule has 0 radical (unpaired) electrons. The fraction of sp³-hybridized carbons (Fsp3) is 0.273. The monoisotopic (exact) mass is 237 g/mol. The molecule has 1 aromatic rings. The fourth-order valence-electron chi connectivity index (χ4n) is 1.31. The van der Waals surface area contributed by atoms with E-state index in [1.54, 1.807) is 24.3 Å². The number of hydrogen-bond donors (Lipinski definition) is 4. The second-order valence-corrected chi connectivity index (χ2v) is 3.73. The second kappa shape index (κ2) is 5.86. The number of rotatable bonds is 5. The number of carbonyl (C=O) groups excluding carboxylic acids is 1.